The maximum absolute atomic E-state index is 12.1. The number of thioether (sulfide) groups is 1. The Morgan fingerprint density at radius 1 is 1.58 bits per heavy atom. The molecule has 108 valence electrons. The van der Waals surface area contributed by atoms with Crippen LogP contribution in [0.25, 0.3) is 0 Å². The van der Waals surface area contributed by atoms with Crippen molar-refractivity contribution in [2.45, 2.75) is 17.2 Å². The number of nitrogens with zero attached hydrogens (tertiary/aromatic N) is 1. The number of hydrogen-bond donors (Lipinski definition) is 2. The lowest BCUT2D eigenvalue weighted by Crippen LogP contribution is -2.33. The van der Waals surface area contributed by atoms with E-state index in [2.05, 4.69) is 10.0 Å². The molecule has 0 radical (unpaired) electrons. The van der Waals surface area contributed by atoms with Crippen LogP contribution in [0, 0.1) is 10.1 Å². The van der Waals surface area contributed by atoms with Crippen molar-refractivity contribution in [3.8, 4) is 0 Å². The number of anilines is 1. The van der Waals surface area contributed by atoms with E-state index in [0.29, 0.717) is 5.75 Å². The maximum atomic E-state index is 12.1. The number of thiophene rings is 1. The molecule has 19 heavy (non-hydrogen) atoms. The molecule has 1 atom stereocenters. The lowest BCUT2D eigenvalue weighted by molar-refractivity contribution is -0.383. The Labute approximate surface area is 120 Å². The van der Waals surface area contributed by atoms with Crippen molar-refractivity contribution in [1.82, 2.24) is 4.72 Å². The van der Waals surface area contributed by atoms with Crippen LogP contribution in [-0.2, 0) is 10.0 Å². The molecule has 1 aromatic heterocycles. The van der Waals surface area contributed by atoms with Gasteiger partial charge in [-0.2, -0.15) is 11.8 Å². The summed E-state index contributed by atoms with van der Waals surface area (Å²) in [5.41, 5.74) is -0.231. The topological polar surface area (TPSA) is 101 Å². The van der Waals surface area contributed by atoms with Crippen molar-refractivity contribution in [3.05, 3.63) is 16.2 Å². The molecule has 0 aliphatic carbocycles. The van der Waals surface area contributed by atoms with Crippen LogP contribution in [0.4, 0.5) is 10.7 Å². The Hall–Kier alpha value is -0.840. The molecule has 0 saturated carbocycles. The molecule has 1 aromatic rings. The molecule has 2 N–H and O–H groups in total. The van der Waals surface area contributed by atoms with Gasteiger partial charge < -0.3 is 5.32 Å². The molecule has 1 heterocycles. The smallest absolute Gasteiger partial charge is 0.304 e. The Kier molecular flexibility index (Phi) is 5.59. The third-order valence-electron chi connectivity index (χ3n) is 2.15. The van der Waals surface area contributed by atoms with Gasteiger partial charge in [0.05, 0.1) is 4.92 Å². The van der Waals surface area contributed by atoms with Gasteiger partial charge in [-0.25, -0.2) is 13.1 Å². The van der Waals surface area contributed by atoms with E-state index in [9.17, 15) is 18.5 Å². The van der Waals surface area contributed by atoms with Crippen LogP contribution < -0.4 is 10.0 Å². The van der Waals surface area contributed by atoms with Gasteiger partial charge in [-0.05, 0) is 13.2 Å². The van der Waals surface area contributed by atoms with Crippen molar-refractivity contribution in [3.63, 3.8) is 0 Å². The summed E-state index contributed by atoms with van der Waals surface area (Å²) in [6, 6.07) is 0.837. The molecule has 1 unspecified atom stereocenters. The predicted octanol–water partition coefficient (Wildman–Crippen LogP) is 1.73. The van der Waals surface area contributed by atoms with Gasteiger partial charge in [0.25, 0.3) is 10.0 Å². The molecule has 0 aliphatic rings. The van der Waals surface area contributed by atoms with E-state index in [1.807, 2.05) is 6.26 Å². The SMILES string of the molecule is CNc1sc(S(=O)(=O)NC(C)CSC)cc1[N+](=O)[O-]. The van der Waals surface area contributed by atoms with Crippen LogP contribution in [0.5, 0.6) is 0 Å². The summed E-state index contributed by atoms with van der Waals surface area (Å²) in [6.07, 6.45) is 1.87. The summed E-state index contributed by atoms with van der Waals surface area (Å²) in [7, 11) is -2.20. The van der Waals surface area contributed by atoms with Gasteiger partial charge in [0.15, 0.2) is 5.00 Å². The number of nitro groups is 1. The summed E-state index contributed by atoms with van der Waals surface area (Å²) in [6.45, 7) is 1.75. The van der Waals surface area contributed by atoms with Gasteiger partial charge in [-0.1, -0.05) is 11.3 Å². The molecule has 1 rings (SSSR count). The van der Waals surface area contributed by atoms with E-state index in [1.54, 1.807) is 6.92 Å². The first-order chi connectivity index (χ1) is 8.81. The largest absolute Gasteiger partial charge is 0.374 e. The van der Waals surface area contributed by atoms with Gasteiger partial charge in [0.2, 0.25) is 0 Å². The van der Waals surface area contributed by atoms with E-state index < -0.39 is 14.9 Å². The fraction of sp³-hybridized carbons (Fsp3) is 0.556. The van der Waals surface area contributed by atoms with E-state index in [0.717, 1.165) is 17.4 Å². The first-order valence-electron chi connectivity index (χ1n) is 5.29. The quantitative estimate of drug-likeness (QED) is 0.585. The molecule has 0 saturated heterocycles. The molecule has 0 fully saturated rings. The zero-order chi connectivity index (χ0) is 14.6. The highest BCUT2D eigenvalue weighted by molar-refractivity contribution is 7.98. The first kappa shape index (κ1) is 16.2. The fourth-order valence-corrected chi connectivity index (χ4v) is 4.64. The summed E-state index contributed by atoms with van der Waals surface area (Å²) < 4.78 is 26.6. The lowest BCUT2D eigenvalue weighted by Gasteiger charge is -2.11. The van der Waals surface area contributed by atoms with E-state index in [1.165, 1.54) is 18.8 Å². The van der Waals surface area contributed by atoms with Gasteiger partial charge in [-0.3, -0.25) is 10.1 Å². The molecule has 0 aliphatic heterocycles. The van der Waals surface area contributed by atoms with Crippen LogP contribution in [0.15, 0.2) is 10.3 Å². The second-order valence-corrected chi connectivity index (χ2v) is 7.67. The van der Waals surface area contributed by atoms with E-state index in [-0.39, 0.29) is 20.9 Å². The van der Waals surface area contributed by atoms with Crippen molar-refractivity contribution in [2.24, 2.45) is 0 Å². The Balaban J connectivity index is 3.05. The third-order valence-corrected chi connectivity index (χ3v) is 6.19. The van der Waals surface area contributed by atoms with Gasteiger partial charge >= 0.3 is 5.69 Å². The van der Waals surface area contributed by atoms with Crippen molar-refractivity contribution >= 4 is 43.8 Å². The zero-order valence-electron chi connectivity index (χ0n) is 10.7. The summed E-state index contributed by atoms with van der Waals surface area (Å²) in [4.78, 5) is 10.2. The molecule has 0 bridgehead atoms. The number of rotatable bonds is 7. The molecular weight excluding hydrogens is 310 g/mol. The average Bonchev–Trinajstić information content (AvgIpc) is 2.73. The van der Waals surface area contributed by atoms with Crippen LogP contribution in [0.2, 0.25) is 0 Å². The normalized spacial score (nSPS) is 13.2. The van der Waals surface area contributed by atoms with Crippen LogP contribution in [0.1, 0.15) is 6.92 Å². The minimum absolute atomic E-state index is 0.0588. The van der Waals surface area contributed by atoms with Gasteiger partial charge in [-0.15, -0.1) is 0 Å². The Morgan fingerprint density at radius 3 is 2.63 bits per heavy atom. The first-order valence-corrected chi connectivity index (χ1v) is 8.98. The van der Waals surface area contributed by atoms with Crippen LogP contribution in [0.3, 0.4) is 0 Å². The van der Waals surface area contributed by atoms with Gasteiger partial charge in [0, 0.05) is 24.9 Å². The van der Waals surface area contributed by atoms with Crippen molar-refractivity contribution < 1.29 is 13.3 Å². The highest BCUT2D eigenvalue weighted by atomic mass is 32.2. The lowest BCUT2D eigenvalue weighted by atomic mass is 10.4. The second-order valence-electron chi connectivity index (χ2n) is 3.76. The van der Waals surface area contributed by atoms with E-state index >= 15 is 0 Å². The van der Waals surface area contributed by atoms with Crippen molar-refractivity contribution in [2.75, 3.05) is 24.4 Å². The molecule has 0 amide bonds. The predicted molar refractivity (Wildman–Crippen MR) is 78.7 cm³/mol. The monoisotopic (exact) mass is 325 g/mol. The van der Waals surface area contributed by atoms with Crippen molar-refractivity contribution in [1.29, 1.82) is 0 Å². The number of nitrogens with one attached hydrogen (secondary N) is 2. The minimum Gasteiger partial charge on any atom is -0.374 e. The summed E-state index contributed by atoms with van der Waals surface area (Å²) in [5, 5.41) is 13.7. The molecule has 10 heteroatoms. The Bertz CT molecular complexity index is 555. The Morgan fingerprint density at radius 2 is 2.21 bits per heavy atom. The fourth-order valence-electron chi connectivity index (χ4n) is 1.41. The second kappa shape index (κ2) is 6.55. The van der Waals surface area contributed by atoms with E-state index in [4.69, 9.17) is 0 Å². The standard InChI is InChI=1S/C9H15N3O4S3/c1-6(5-17-3)11-19(15,16)8-4-7(12(13)14)9(10-2)18-8/h4,6,10-11H,5H2,1-3H3. The molecule has 7 nitrogen and oxygen atoms in total. The maximum Gasteiger partial charge on any atom is 0.304 e. The number of sulfonamides is 1. The van der Waals surface area contributed by atoms with Crippen LogP contribution >= 0.6 is 23.1 Å². The third kappa shape index (κ3) is 4.06. The molecule has 0 aromatic carbocycles. The minimum atomic E-state index is -3.72. The summed E-state index contributed by atoms with van der Waals surface area (Å²) >= 11 is 2.36. The molecule has 0 spiro atoms. The highest BCUT2D eigenvalue weighted by Gasteiger charge is 2.26. The average molecular weight is 325 g/mol. The van der Waals surface area contributed by atoms with Gasteiger partial charge in [0.1, 0.15) is 4.21 Å². The molecular formula is C9H15N3O4S3. The highest BCUT2D eigenvalue weighted by Crippen LogP contribution is 2.36. The number of hydrogen-bond acceptors (Lipinski definition) is 7. The summed E-state index contributed by atoms with van der Waals surface area (Å²) in [5.74, 6) is 0.631. The van der Waals surface area contributed by atoms with Crippen LogP contribution in [-0.4, -0.2) is 38.4 Å². The zero-order valence-corrected chi connectivity index (χ0v) is 13.1.